The van der Waals surface area contributed by atoms with Crippen molar-refractivity contribution >= 4 is 0 Å². The smallest absolute Gasteiger partial charge is 0.125 e. The highest BCUT2D eigenvalue weighted by molar-refractivity contribution is 5.08. The van der Waals surface area contributed by atoms with Crippen LogP contribution in [0.15, 0.2) is 28.8 Å². The van der Waals surface area contributed by atoms with Gasteiger partial charge >= 0.3 is 0 Å². The van der Waals surface area contributed by atoms with Gasteiger partial charge < -0.3 is 10.2 Å². The van der Waals surface area contributed by atoms with Gasteiger partial charge in [-0.05, 0) is 25.1 Å². The van der Waals surface area contributed by atoms with Gasteiger partial charge in [-0.25, -0.2) is 0 Å². The lowest BCUT2D eigenvalue weighted by Gasteiger charge is -2.00. The molecule has 2 N–H and O–H groups in total. The first kappa shape index (κ1) is 9.02. The van der Waals surface area contributed by atoms with Crippen LogP contribution in [0.4, 0.5) is 0 Å². The first-order valence-electron chi connectivity index (χ1n) is 4.55. The number of aromatic nitrogens is 2. The molecule has 74 valence electrons. The molecular weight excluding hydrogens is 178 g/mol. The molecule has 2 heterocycles. The average molecular weight is 191 g/mol. The van der Waals surface area contributed by atoms with Gasteiger partial charge in [0.2, 0.25) is 0 Å². The van der Waals surface area contributed by atoms with Crippen LogP contribution in [0, 0.1) is 6.92 Å². The molecule has 0 atom stereocenters. The summed E-state index contributed by atoms with van der Waals surface area (Å²) in [6.07, 6.45) is 1.78. The monoisotopic (exact) mass is 191 g/mol. The lowest BCUT2D eigenvalue weighted by atomic mass is 10.4. The maximum atomic E-state index is 5.48. The highest BCUT2D eigenvalue weighted by atomic mass is 16.3. The van der Waals surface area contributed by atoms with Gasteiger partial charge in [-0.15, -0.1) is 0 Å². The number of rotatable bonds is 3. The first-order valence-corrected chi connectivity index (χ1v) is 4.55. The lowest BCUT2D eigenvalue weighted by Crippen LogP contribution is -2.02. The molecule has 0 bridgehead atoms. The highest BCUT2D eigenvalue weighted by Gasteiger charge is 2.03. The Kier molecular flexibility index (Phi) is 2.37. The van der Waals surface area contributed by atoms with E-state index in [0.29, 0.717) is 13.1 Å². The number of nitrogens with two attached hydrogens (primary N) is 1. The highest BCUT2D eigenvalue weighted by Crippen LogP contribution is 2.09. The molecule has 0 aliphatic carbocycles. The minimum Gasteiger partial charge on any atom is -0.463 e. The Hall–Kier alpha value is -1.55. The molecule has 0 fully saturated rings. The van der Waals surface area contributed by atoms with Crippen molar-refractivity contribution in [1.82, 2.24) is 9.78 Å². The summed E-state index contributed by atoms with van der Waals surface area (Å²) in [6, 6.07) is 5.80. The third kappa shape index (κ3) is 1.70. The Morgan fingerprint density at radius 1 is 1.36 bits per heavy atom. The predicted molar refractivity (Wildman–Crippen MR) is 52.7 cm³/mol. The van der Waals surface area contributed by atoms with Crippen LogP contribution in [0.25, 0.3) is 0 Å². The van der Waals surface area contributed by atoms with Gasteiger partial charge in [-0.1, -0.05) is 0 Å². The SMILES string of the molecule is Cc1ccnn1Cc1ccc(CN)o1. The molecule has 0 amide bonds. The molecule has 0 radical (unpaired) electrons. The second kappa shape index (κ2) is 3.67. The number of aryl methyl sites for hydroxylation is 1. The van der Waals surface area contributed by atoms with E-state index >= 15 is 0 Å². The van der Waals surface area contributed by atoms with Crippen molar-refractivity contribution in [3.05, 3.63) is 41.6 Å². The largest absolute Gasteiger partial charge is 0.463 e. The van der Waals surface area contributed by atoms with Crippen LogP contribution in [0.2, 0.25) is 0 Å². The van der Waals surface area contributed by atoms with Crippen LogP contribution in [0.5, 0.6) is 0 Å². The molecule has 2 aromatic rings. The Labute approximate surface area is 82.3 Å². The Morgan fingerprint density at radius 3 is 2.71 bits per heavy atom. The van der Waals surface area contributed by atoms with E-state index < -0.39 is 0 Å². The van der Waals surface area contributed by atoms with Crippen LogP contribution in [-0.4, -0.2) is 9.78 Å². The van der Waals surface area contributed by atoms with E-state index in [1.54, 1.807) is 6.20 Å². The van der Waals surface area contributed by atoms with Crippen molar-refractivity contribution in [2.24, 2.45) is 5.73 Å². The van der Waals surface area contributed by atoms with Gasteiger partial charge in [-0.3, -0.25) is 4.68 Å². The zero-order valence-corrected chi connectivity index (χ0v) is 8.10. The fourth-order valence-corrected chi connectivity index (χ4v) is 1.33. The summed E-state index contributed by atoms with van der Waals surface area (Å²) in [4.78, 5) is 0. The van der Waals surface area contributed by atoms with Crippen molar-refractivity contribution in [2.45, 2.75) is 20.0 Å². The minimum absolute atomic E-state index is 0.443. The molecule has 4 nitrogen and oxygen atoms in total. The predicted octanol–water partition coefficient (Wildman–Crippen LogP) is 1.29. The maximum absolute atomic E-state index is 5.48. The quantitative estimate of drug-likeness (QED) is 0.795. The van der Waals surface area contributed by atoms with Crippen molar-refractivity contribution in [1.29, 1.82) is 0 Å². The summed E-state index contributed by atoms with van der Waals surface area (Å²) < 4.78 is 7.36. The number of furan rings is 1. The van der Waals surface area contributed by atoms with E-state index in [-0.39, 0.29) is 0 Å². The summed E-state index contributed by atoms with van der Waals surface area (Å²) >= 11 is 0. The van der Waals surface area contributed by atoms with Crippen LogP contribution in [-0.2, 0) is 13.1 Å². The third-order valence-corrected chi connectivity index (χ3v) is 2.15. The number of nitrogens with zero attached hydrogens (tertiary/aromatic N) is 2. The summed E-state index contributed by atoms with van der Waals surface area (Å²) in [7, 11) is 0. The van der Waals surface area contributed by atoms with Crippen LogP contribution >= 0.6 is 0 Å². The van der Waals surface area contributed by atoms with Gasteiger partial charge in [0.05, 0.1) is 13.1 Å². The van der Waals surface area contributed by atoms with Gasteiger partial charge in [0.25, 0.3) is 0 Å². The van der Waals surface area contributed by atoms with E-state index in [1.807, 2.05) is 29.8 Å². The normalized spacial score (nSPS) is 10.7. The molecule has 0 aliphatic heterocycles. The zero-order valence-electron chi connectivity index (χ0n) is 8.10. The zero-order chi connectivity index (χ0) is 9.97. The molecule has 14 heavy (non-hydrogen) atoms. The van der Waals surface area contributed by atoms with E-state index in [0.717, 1.165) is 17.2 Å². The maximum Gasteiger partial charge on any atom is 0.125 e. The average Bonchev–Trinajstić information content (AvgIpc) is 2.77. The van der Waals surface area contributed by atoms with Gasteiger partial charge in [0, 0.05) is 11.9 Å². The van der Waals surface area contributed by atoms with Crippen LogP contribution < -0.4 is 5.73 Å². The Morgan fingerprint density at radius 2 is 2.14 bits per heavy atom. The van der Waals surface area contributed by atoms with Crippen molar-refractivity contribution < 1.29 is 4.42 Å². The topological polar surface area (TPSA) is 57.0 Å². The molecule has 2 rings (SSSR count). The fourth-order valence-electron chi connectivity index (χ4n) is 1.33. The summed E-state index contributed by atoms with van der Waals surface area (Å²) in [5.74, 6) is 1.70. The number of hydrogen-bond acceptors (Lipinski definition) is 3. The van der Waals surface area contributed by atoms with Crippen molar-refractivity contribution in [3.8, 4) is 0 Å². The van der Waals surface area contributed by atoms with Gasteiger partial charge in [0.15, 0.2) is 0 Å². The molecule has 2 aromatic heterocycles. The third-order valence-electron chi connectivity index (χ3n) is 2.15. The molecule has 0 saturated heterocycles. The first-order chi connectivity index (χ1) is 6.79. The molecule has 0 unspecified atom stereocenters. The lowest BCUT2D eigenvalue weighted by molar-refractivity contribution is 0.443. The standard InChI is InChI=1S/C10H13N3O/c1-8-4-5-12-13(8)7-10-3-2-9(6-11)14-10/h2-5H,6-7,11H2,1H3. The minimum atomic E-state index is 0.443. The Bertz CT molecular complexity index is 416. The molecule has 0 aromatic carbocycles. The molecule has 0 saturated carbocycles. The van der Waals surface area contributed by atoms with Gasteiger partial charge in [0.1, 0.15) is 11.5 Å². The summed E-state index contributed by atoms with van der Waals surface area (Å²) in [5, 5.41) is 4.17. The molecule has 0 aliphatic rings. The fraction of sp³-hybridized carbons (Fsp3) is 0.300. The molecule has 0 spiro atoms. The van der Waals surface area contributed by atoms with Crippen LogP contribution in [0.3, 0.4) is 0 Å². The molecular formula is C10H13N3O. The molecule has 4 heteroatoms. The van der Waals surface area contributed by atoms with E-state index in [2.05, 4.69) is 5.10 Å². The van der Waals surface area contributed by atoms with Crippen molar-refractivity contribution in [2.75, 3.05) is 0 Å². The Balaban J connectivity index is 2.15. The van der Waals surface area contributed by atoms with Gasteiger partial charge in [-0.2, -0.15) is 5.10 Å². The summed E-state index contributed by atoms with van der Waals surface area (Å²) in [6.45, 7) is 3.12. The second-order valence-corrected chi connectivity index (χ2v) is 3.20. The van der Waals surface area contributed by atoms with Crippen molar-refractivity contribution in [3.63, 3.8) is 0 Å². The van der Waals surface area contributed by atoms with E-state index in [1.165, 1.54) is 0 Å². The summed E-state index contributed by atoms with van der Waals surface area (Å²) in [5.41, 5.74) is 6.57. The van der Waals surface area contributed by atoms with E-state index in [4.69, 9.17) is 10.2 Å². The van der Waals surface area contributed by atoms with Crippen LogP contribution in [0.1, 0.15) is 17.2 Å². The second-order valence-electron chi connectivity index (χ2n) is 3.20. The van der Waals surface area contributed by atoms with E-state index in [9.17, 15) is 0 Å². The number of hydrogen-bond donors (Lipinski definition) is 1.